The number of hydrogen-bond acceptors (Lipinski definition) is 5. The van der Waals surface area contributed by atoms with Crippen molar-refractivity contribution in [3.63, 3.8) is 0 Å². The van der Waals surface area contributed by atoms with Gasteiger partial charge in [0.2, 0.25) is 5.88 Å². The largest absolute Gasteiger partial charge is 0.437 e. The van der Waals surface area contributed by atoms with Crippen LogP contribution in [0.4, 0.5) is 0 Å². The lowest BCUT2D eigenvalue weighted by Gasteiger charge is -2.09. The Hall–Kier alpha value is -1.69. The molecule has 0 saturated carbocycles. The summed E-state index contributed by atoms with van der Waals surface area (Å²) in [6.07, 6.45) is 1.51. The second-order valence-electron chi connectivity index (χ2n) is 4.71. The number of hydrogen-bond donors (Lipinski definition) is 1. The molecule has 0 aliphatic carbocycles. The van der Waals surface area contributed by atoms with E-state index in [-0.39, 0.29) is 0 Å². The summed E-state index contributed by atoms with van der Waals surface area (Å²) in [5, 5.41) is 1.47. The van der Waals surface area contributed by atoms with Gasteiger partial charge in [-0.3, -0.25) is 0 Å². The van der Waals surface area contributed by atoms with Crippen LogP contribution in [0.15, 0.2) is 24.5 Å². The van der Waals surface area contributed by atoms with Gasteiger partial charge in [-0.05, 0) is 37.1 Å². The highest BCUT2D eigenvalue weighted by Crippen LogP contribution is 2.37. The summed E-state index contributed by atoms with van der Waals surface area (Å²) in [7, 11) is 0. The third kappa shape index (κ3) is 2.60. The molecule has 3 rings (SSSR count). The molecule has 0 aliphatic rings. The van der Waals surface area contributed by atoms with Crippen LogP contribution >= 0.6 is 22.9 Å². The lowest BCUT2D eigenvalue weighted by molar-refractivity contribution is 0.468. The van der Waals surface area contributed by atoms with Crippen LogP contribution in [-0.4, -0.2) is 9.97 Å². The molecule has 6 heteroatoms. The number of ether oxygens (including phenoxy) is 1. The quantitative estimate of drug-likeness (QED) is 0.785. The smallest absolute Gasteiger partial charge is 0.231 e. The summed E-state index contributed by atoms with van der Waals surface area (Å²) in [4.78, 5) is 10.7. The standard InChI is InChI=1S/C15H14ClN3OS/c1-8-9(2)21-15-13(8)14(18-7-19-15)20-12-4-3-10(6-17)5-11(12)16/h3-5,7H,6,17H2,1-2H3. The fraction of sp³-hybridized carbons (Fsp3) is 0.200. The third-order valence-electron chi connectivity index (χ3n) is 3.37. The van der Waals surface area contributed by atoms with Gasteiger partial charge in [-0.15, -0.1) is 11.3 Å². The number of nitrogens with zero attached hydrogens (tertiary/aromatic N) is 2. The van der Waals surface area contributed by atoms with E-state index in [2.05, 4.69) is 16.9 Å². The highest BCUT2D eigenvalue weighted by Gasteiger charge is 2.14. The minimum Gasteiger partial charge on any atom is -0.437 e. The molecule has 0 amide bonds. The fourth-order valence-corrected chi connectivity index (χ4v) is 3.31. The molecule has 0 aliphatic heterocycles. The number of aryl methyl sites for hydroxylation is 2. The van der Waals surface area contributed by atoms with Gasteiger partial charge in [0.25, 0.3) is 0 Å². The van der Waals surface area contributed by atoms with E-state index >= 15 is 0 Å². The Labute approximate surface area is 131 Å². The number of aromatic nitrogens is 2. The molecule has 21 heavy (non-hydrogen) atoms. The van der Waals surface area contributed by atoms with Gasteiger partial charge in [0.15, 0.2) is 0 Å². The molecule has 3 aromatic rings. The monoisotopic (exact) mass is 319 g/mol. The van der Waals surface area contributed by atoms with Crippen LogP contribution < -0.4 is 10.5 Å². The summed E-state index contributed by atoms with van der Waals surface area (Å²) in [5.74, 6) is 1.10. The van der Waals surface area contributed by atoms with Crippen molar-refractivity contribution in [2.75, 3.05) is 0 Å². The van der Waals surface area contributed by atoms with Crippen LogP contribution in [0, 0.1) is 13.8 Å². The first-order valence-electron chi connectivity index (χ1n) is 6.47. The van der Waals surface area contributed by atoms with Crippen molar-refractivity contribution in [1.29, 1.82) is 0 Å². The number of halogens is 1. The van der Waals surface area contributed by atoms with Gasteiger partial charge in [0.05, 0.1) is 10.4 Å². The Morgan fingerprint density at radius 2 is 2.10 bits per heavy atom. The van der Waals surface area contributed by atoms with Crippen molar-refractivity contribution in [3.8, 4) is 11.6 Å². The van der Waals surface area contributed by atoms with Crippen molar-refractivity contribution in [1.82, 2.24) is 9.97 Å². The van der Waals surface area contributed by atoms with E-state index in [1.165, 1.54) is 11.2 Å². The molecule has 2 heterocycles. The van der Waals surface area contributed by atoms with Gasteiger partial charge >= 0.3 is 0 Å². The second-order valence-corrected chi connectivity index (χ2v) is 6.32. The second kappa shape index (κ2) is 5.60. The number of rotatable bonds is 3. The zero-order chi connectivity index (χ0) is 15.0. The predicted octanol–water partition coefficient (Wildman–Crippen LogP) is 4.21. The first-order valence-corrected chi connectivity index (χ1v) is 7.66. The summed E-state index contributed by atoms with van der Waals surface area (Å²) in [6, 6.07) is 5.51. The van der Waals surface area contributed by atoms with Crippen LogP contribution in [0.2, 0.25) is 5.02 Å². The van der Waals surface area contributed by atoms with Crippen molar-refractivity contribution in [2.45, 2.75) is 20.4 Å². The van der Waals surface area contributed by atoms with Crippen LogP contribution in [-0.2, 0) is 6.54 Å². The fourth-order valence-electron chi connectivity index (χ4n) is 2.09. The van der Waals surface area contributed by atoms with Gasteiger partial charge < -0.3 is 10.5 Å². The SMILES string of the molecule is Cc1sc2ncnc(Oc3ccc(CN)cc3Cl)c2c1C. The minimum absolute atomic E-state index is 0.445. The lowest BCUT2D eigenvalue weighted by atomic mass is 10.2. The predicted molar refractivity (Wildman–Crippen MR) is 86.3 cm³/mol. The van der Waals surface area contributed by atoms with E-state index in [0.29, 0.717) is 23.2 Å². The van der Waals surface area contributed by atoms with Gasteiger partial charge in [-0.2, -0.15) is 0 Å². The normalized spacial score (nSPS) is 11.0. The van der Waals surface area contributed by atoms with E-state index in [0.717, 1.165) is 21.3 Å². The molecule has 2 aromatic heterocycles. The van der Waals surface area contributed by atoms with Crippen molar-refractivity contribution in [2.24, 2.45) is 5.73 Å². The van der Waals surface area contributed by atoms with Gasteiger partial charge in [0.1, 0.15) is 16.9 Å². The Bertz CT molecular complexity index is 816. The summed E-state index contributed by atoms with van der Waals surface area (Å²) >= 11 is 7.87. The molecular formula is C15H14ClN3OS. The molecule has 0 saturated heterocycles. The minimum atomic E-state index is 0.445. The zero-order valence-corrected chi connectivity index (χ0v) is 13.3. The molecule has 0 radical (unpaired) electrons. The Morgan fingerprint density at radius 3 is 2.81 bits per heavy atom. The molecule has 0 spiro atoms. The summed E-state index contributed by atoms with van der Waals surface area (Å²) in [6.45, 7) is 4.55. The van der Waals surface area contributed by atoms with E-state index in [1.807, 2.05) is 19.1 Å². The first-order chi connectivity index (χ1) is 10.1. The molecule has 0 unspecified atom stereocenters. The Balaban J connectivity index is 2.06. The molecule has 2 N–H and O–H groups in total. The molecule has 4 nitrogen and oxygen atoms in total. The van der Waals surface area contributed by atoms with Crippen LogP contribution in [0.5, 0.6) is 11.6 Å². The maximum Gasteiger partial charge on any atom is 0.231 e. The van der Waals surface area contributed by atoms with E-state index in [4.69, 9.17) is 22.1 Å². The highest BCUT2D eigenvalue weighted by atomic mass is 35.5. The molecular weight excluding hydrogens is 306 g/mol. The zero-order valence-electron chi connectivity index (χ0n) is 11.7. The highest BCUT2D eigenvalue weighted by molar-refractivity contribution is 7.18. The maximum atomic E-state index is 6.23. The maximum absolute atomic E-state index is 6.23. The Morgan fingerprint density at radius 1 is 1.29 bits per heavy atom. The van der Waals surface area contributed by atoms with Crippen molar-refractivity contribution in [3.05, 3.63) is 45.6 Å². The van der Waals surface area contributed by atoms with Gasteiger partial charge in [-0.1, -0.05) is 17.7 Å². The van der Waals surface area contributed by atoms with Crippen molar-refractivity contribution < 1.29 is 4.74 Å². The first kappa shape index (κ1) is 14.3. The van der Waals surface area contributed by atoms with Gasteiger partial charge in [0, 0.05) is 11.4 Å². The molecule has 1 aromatic carbocycles. The average molecular weight is 320 g/mol. The van der Waals surface area contributed by atoms with Crippen LogP contribution in [0.25, 0.3) is 10.2 Å². The van der Waals surface area contributed by atoms with E-state index < -0.39 is 0 Å². The average Bonchev–Trinajstić information content (AvgIpc) is 2.77. The van der Waals surface area contributed by atoms with E-state index in [9.17, 15) is 0 Å². The topological polar surface area (TPSA) is 61.0 Å². The Kier molecular flexibility index (Phi) is 3.80. The number of fused-ring (bicyclic) bond motifs is 1. The molecule has 108 valence electrons. The summed E-state index contributed by atoms with van der Waals surface area (Å²) < 4.78 is 5.90. The van der Waals surface area contributed by atoms with Crippen LogP contribution in [0.1, 0.15) is 16.0 Å². The number of nitrogens with two attached hydrogens (primary N) is 1. The van der Waals surface area contributed by atoms with Gasteiger partial charge in [-0.25, -0.2) is 9.97 Å². The molecule has 0 atom stereocenters. The van der Waals surface area contributed by atoms with E-state index in [1.54, 1.807) is 17.4 Å². The molecule has 0 bridgehead atoms. The van der Waals surface area contributed by atoms with Crippen molar-refractivity contribution >= 4 is 33.2 Å². The van der Waals surface area contributed by atoms with Crippen LogP contribution in [0.3, 0.4) is 0 Å². The lowest BCUT2D eigenvalue weighted by Crippen LogP contribution is -1.97. The molecule has 0 fully saturated rings. The number of benzene rings is 1. The summed E-state index contributed by atoms with van der Waals surface area (Å²) in [5.41, 5.74) is 7.70. The number of thiophene rings is 1. The third-order valence-corrected chi connectivity index (χ3v) is 4.78.